The van der Waals surface area contributed by atoms with Crippen molar-refractivity contribution in [3.63, 3.8) is 0 Å². The zero-order valence-corrected chi connectivity index (χ0v) is 13.9. The highest BCUT2D eigenvalue weighted by atomic mass is 79.9. The lowest BCUT2D eigenvalue weighted by atomic mass is 9.77. The number of nitrogens with one attached hydrogen (secondary N) is 1. The number of nitro benzene ring substituents is 1. The van der Waals surface area contributed by atoms with Gasteiger partial charge in [-0.05, 0) is 41.7 Å². The van der Waals surface area contributed by atoms with Gasteiger partial charge in [-0.25, -0.2) is 0 Å². The normalized spacial score (nSPS) is 24.7. The molecule has 1 aliphatic carbocycles. The van der Waals surface area contributed by atoms with Gasteiger partial charge >= 0.3 is 0 Å². The monoisotopic (exact) mass is 370 g/mol. The molecule has 2 aromatic rings. The lowest BCUT2D eigenvalue weighted by molar-refractivity contribution is -0.384. The quantitative estimate of drug-likeness (QED) is 0.449. The molecule has 1 N–H and O–H groups in total. The number of nitro groups is 1. The van der Waals surface area contributed by atoms with Crippen LogP contribution in [0.4, 0.5) is 11.4 Å². The van der Waals surface area contributed by atoms with E-state index in [1.54, 1.807) is 12.1 Å². The highest BCUT2D eigenvalue weighted by Gasteiger charge is 2.37. The average Bonchev–Trinajstić information content (AvgIpc) is 3.04. The minimum Gasteiger partial charge on any atom is -0.378 e. The molecule has 0 bridgehead atoms. The van der Waals surface area contributed by atoms with Gasteiger partial charge in [0, 0.05) is 28.2 Å². The van der Waals surface area contributed by atoms with Crippen molar-refractivity contribution in [3.8, 4) is 0 Å². The van der Waals surface area contributed by atoms with E-state index in [-0.39, 0.29) is 16.7 Å². The summed E-state index contributed by atoms with van der Waals surface area (Å²) in [4.78, 5) is 10.5. The van der Waals surface area contributed by atoms with E-state index >= 15 is 0 Å². The number of anilines is 1. The van der Waals surface area contributed by atoms with Crippen molar-refractivity contribution >= 4 is 27.3 Å². The van der Waals surface area contributed by atoms with Crippen LogP contribution in [0.1, 0.15) is 29.5 Å². The Labute approximate surface area is 142 Å². The van der Waals surface area contributed by atoms with E-state index in [0.29, 0.717) is 11.8 Å². The van der Waals surface area contributed by atoms with Crippen molar-refractivity contribution in [2.24, 2.45) is 5.92 Å². The molecule has 0 unspecified atom stereocenters. The van der Waals surface area contributed by atoms with Crippen LogP contribution in [0.2, 0.25) is 0 Å². The Kier molecular flexibility index (Phi) is 3.45. The maximum atomic E-state index is 10.8. The molecule has 4 rings (SSSR count). The molecule has 0 spiro atoms. The Morgan fingerprint density at radius 1 is 1.17 bits per heavy atom. The van der Waals surface area contributed by atoms with Gasteiger partial charge in [0.25, 0.3) is 5.69 Å². The Morgan fingerprint density at radius 2 is 1.96 bits per heavy atom. The van der Waals surface area contributed by atoms with E-state index in [9.17, 15) is 10.1 Å². The molecule has 0 aromatic heterocycles. The third-order valence-electron chi connectivity index (χ3n) is 4.79. The second-order valence-electron chi connectivity index (χ2n) is 6.06. The second kappa shape index (κ2) is 5.49. The van der Waals surface area contributed by atoms with E-state index in [0.717, 1.165) is 22.1 Å². The van der Waals surface area contributed by atoms with Gasteiger partial charge in [0.1, 0.15) is 0 Å². The van der Waals surface area contributed by atoms with Crippen molar-refractivity contribution < 1.29 is 4.92 Å². The highest BCUT2D eigenvalue weighted by Crippen LogP contribution is 2.50. The lowest BCUT2D eigenvalue weighted by Crippen LogP contribution is -2.29. The molecule has 116 valence electrons. The van der Waals surface area contributed by atoms with Gasteiger partial charge in [-0.15, -0.1) is 0 Å². The van der Waals surface area contributed by atoms with Crippen LogP contribution in [0, 0.1) is 16.0 Å². The molecule has 0 radical (unpaired) electrons. The molecule has 2 aromatic carbocycles. The number of halogens is 1. The van der Waals surface area contributed by atoms with E-state index in [1.807, 2.05) is 18.2 Å². The van der Waals surface area contributed by atoms with E-state index in [1.165, 1.54) is 5.56 Å². The third-order valence-corrected chi connectivity index (χ3v) is 5.28. The van der Waals surface area contributed by atoms with E-state index in [2.05, 4.69) is 45.5 Å². The minimum atomic E-state index is -0.356. The summed E-state index contributed by atoms with van der Waals surface area (Å²) in [6.07, 6.45) is 5.55. The average molecular weight is 371 g/mol. The van der Waals surface area contributed by atoms with Crippen molar-refractivity contribution in [2.75, 3.05) is 5.32 Å². The Morgan fingerprint density at radius 3 is 2.70 bits per heavy atom. The fourth-order valence-electron chi connectivity index (χ4n) is 3.70. The second-order valence-corrected chi connectivity index (χ2v) is 6.97. The minimum absolute atomic E-state index is 0.134. The Bertz CT molecular complexity index is 801. The molecule has 0 fully saturated rings. The molecule has 5 heteroatoms. The van der Waals surface area contributed by atoms with Crippen LogP contribution in [0.25, 0.3) is 0 Å². The zero-order valence-electron chi connectivity index (χ0n) is 12.3. The van der Waals surface area contributed by atoms with Gasteiger partial charge in [-0.3, -0.25) is 10.1 Å². The van der Waals surface area contributed by atoms with Crippen LogP contribution < -0.4 is 5.32 Å². The van der Waals surface area contributed by atoms with Crippen LogP contribution in [-0.4, -0.2) is 4.92 Å². The topological polar surface area (TPSA) is 55.2 Å². The molecule has 3 atom stereocenters. The zero-order chi connectivity index (χ0) is 16.0. The van der Waals surface area contributed by atoms with Gasteiger partial charge in [-0.2, -0.15) is 0 Å². The molecule has 4 nitrogen and oxygen atoms in total. The smallest absolute Gasteiger partial charge is 0.269 e. The maximum Gasteiger partial charge on any atom is 0.269 e. The van der Waals surface area contributed by atoms with Gasteiger partial charge < -0.3 is 5.32 Å². The van der Waals surface area contributed by atoms with E-state index < -0.39 is 0 Å². The summed E-state index contributed by atoms with van der Waals surface area (Å²) in [5.41, 5.74) is 3.69. The van der Waals surface area contributed by atoms with Crippen molar-refractivity contribution in [2.45, 2.75) is 18.4 Å². The molecule has 0 saturated carbocycles. The molecule has 23 heavy (non-hydrogen) atoms. The summed E-state index contributed by atoms with van der Waals surface area (Å²) >= 11 is 3.55. The fourth-order valence-corrected chi connectivity index (χ4v) is 4.08. The van der Waals surface area contributed by atoms with Crippen LogP contribution in [0.3, 0.4) is 0 Å². The number of hydrogen-bond donors (Lipinski definition) is 1. The van der Waals surface area contributed by atoms with Crippen molar-refractivity contribution in [1.29, 1.82) is 0 Å². The van der Waals surface area contributed by atoms with Crippen molar-refractivity contribution in [1.82, 2.24) is 0 Å². The predicted molar refractivity (Wildman–Crippen MR) is 93.6 cm³/mol. The standard InChI is InChI=1S/C18H15BrN2O2/c19-12-6-9-17-16(10-12)14-2-1-3-15(14)18(20-17)11-4-7-13(8-5-11)21(22)23/h1-2,4-10,14-15,18,20H,3H2/t14-,15-,18-/m0/s1. The first kappa shape index (κ1) is 14.5. The molecule has 1 aliphatic heterocycles. The van der Waals surface area contributed by atoms with Crippen LogP contribution in [-0.2, 0) is 0 Å². The van der Waals surface area contributed by atoms with Crippen LogP contribution in [0.5, 0.6) is 0 Å². The SMILES string of the molecule is O=[N+]([O-])c1ccc([C@@H]2Nc3ccc(Br)cc3[C@H]3C=CC[C@@H]32)cc1. The number of nitrogens with zero attached hydrogens (tertiary/aromatic N) is 1. The highest BCUT2D eigenvalue weighted by molar-refractivity contribution is 9.10. The molecule has 2 aliphatic rings. The largest absolute Gasteiger partial charge is 0.378 e. The van der Waals surface area contributed by atoms with Crippen LogP contribution >= 0.6 is 15.9 Å². The Hall–Kier alpha value is -2.14. The lowest BCUT2D eigenvalue weighted by Gasteiger charge is -2.37. The van der Waals surface area contributed by atoms with Crippen LogP contribution in [0.15, 0.2) is 59.1 Å². The number of benzene rings is 2. The Balaban J connectivity index is 1.73. The summed E-state index contributed by atoms with van der Waals surface area (Å²) in [5, 5.41) is 14.5. The molecule has 0 amide bonds. The first-order valence-corrected chi connectivity index (χ1v) is 8.40. The van der Waals surface area contributed by atoms with Gasteiger partial charge in [0.15, 0.2) is 0 Å². The summed E-state index contributed by atoms with van der Waals surface area (Å²) in [6, 6.07) is 13.4. The maximum absolute atomic E-state index is 10.8. The molecule has 1 heterocycles. The first-order chi connectivity index (χ1) is 11.1. The van der Waals surface area contributed by atoms with Gasteiger partial charge in [0.05, 0.1) is 11.0 Å². The molecular weight excluding hydrogens is 356 g/mol. The van der Waals surface area contributed by atoms with Crippen molar-refractivity contribution in [3.05, 3.63) is 80.3 Å². The number of allylic oxidation sites excluding steroid dienone is 2. The molecular formula is C18H15BrN2O2. The summed E-state index contributed by atoms with van der Waals surface area (Å²) in [7, 11) is 0. The van der Waals surface area contributed by atoms with E-state index in [4.69, 9.17) is 0 Å². The number of fused-ring (bicyclic) bond motifs is 3. The van der Waals surface area contributed by atoms with Gasteiger partial charge in [-0.1, -0.05) is 40.2 Å². The van der Waals surface area contributed by atoms with Gasteiger partial charge in [0.2, 0.25) is 0 Å². The predicted octanol–water partition coefficient (Wildman–Crippen LogP) is 5.18. The number of hydrogen-bond acceptors (Lipinski definition) is 3. The third kappa shape index (κ3) is 2.45. The first-order valence-electron chi connectivity index (χ1n) is 7.60. The fraction of sp³-hybridized carbons (Fsp3) is 0.222. The summed E-state index contributed by atoms with van der Waals surface area (Å²) < 4.78 is 1.09. The molecule has 0 saturated heterocycles. The summed E-state index contributed by atoms with van der Waals surface area (Å²) in [5.74, 6) is 0.835. The number of non-ortho nitro benzene ring substituents is 1. The number of rotatable bonds is 2. The summed E-state index contributed by atoms with van der Waals surface area (Å²) in [6.45, 7) is 0.